The lowest BCUT2D eigenvalue weighted by Gasteiger charge is -2.11. The molecular weight excluding hydrogens is 228 g/mol. The smallest absolute Gasteiger partial charge is 0.153 e. The van der Waals surface area contributed by atoms with Crippen molar-refractivity contribution in [1.29, 1.82) is 0 Å². The number of aromatic nitrogens is 4. The van der Waals surface area contributed by atoms with Crippen LogP contribution in [-0.4, -0.2) is 19.6 Å². The van der Waals surface area contributed by atoms with Gasteiger partial charge in [-0.2, -0.15) is 10.2 Å². The highest BCUT2D eigenvalue weighted by Crippen LogP contribution is 2.27. The first kappa shape index (κ1) is 12.5. The number of aryl methyl sites for hydroxylation is 2. The van der Waals surface area contributed by atoms with Crippen LogP contribution in [0.1, 0.15) is 32.5 Å². The number of hydrogen-bond donors (Lipinski definition) is 2. The highest BCUT2D eigenvalue weighted by Gasteiger charge is 2.15. The number of hydrogen-bond acceptors (Lipinski definition) is 4. The van der Waals surface area contributed by atoms with Crippen molar-refractivity contribution in [3.05, 3.63) is 18.0 Å². The van der Waals surface area contributed by atoms with Crippen LogP contribution >= 0.6 is 0 Å². The van der Waals surface area contributed by atoms with Crippen LogP contribution in [0.2, 0.25) is 0 Å². The predicted molar refractivity (Wildman–Crippen MR) is 72.9 cm³/mol. The highest BCUT2D eigenvalue weighted by atomic mass is 15.4. The summed E-state index contributed by atoms with van der Waals surface area (Å²) in [6, 6.07) is 2.17. The van der Waals surface area contributed by atoms with Crippen LogP contribution in [0.3, 0.4) is 0 Å². The number of anilines is 3. The van der Waals surface area contributed by atoms with Crippen LogP contribution in [0, 0.1) is 6.92 Å². The number of nitrogens with two attached hydrogens (primary N) is 1. The minimum Gasteiger partial charge on any atom is -0.394 e. The Bertz CT molecular complexity index is 537. The molecule has 2 aromatic heterocycles. The molecule has 18 heavy (non-hydrogen) atoms. The van der Waals surface area contributed by atoms with E-state index in [9.17, 15) is 0 Å². The topological polar surface area (TPSA) is 73.7 Å². The van der Waals surface area contributed by atoms with Crippen molar-refractivity contribution >= 4 is 17.3 Å². The second-order valence-corrected chi connectivity index (χ2v) is 4.57. The normalized spacial score (nSPS) is 11.2. The summed E-state index contributed by atoms with van der Waals surface area (Å²) in [5.74, 6) is 1.59. The lowest BCUT2D eigenvalue weighted by molar-refractivity contribution is 0.536. The Labute approximate surface area is 107 Å². The number of nitrogens with one attached hydrogen (secondary N) is 1. The molecule has 0 aromatic carbocycles. The van der Waals surface area contributed by atoms with Crippen LogP contribution in [-0.2, 0) is 6.54 Å². The Balaban J connectivity index is 2.33. The summed E-state index contributed by atoms with van der Waals surface area (Å²) in [5, 5.41) is 12.1. The Morgan fingerprint density at radius 1 is 1.39 bits per heavy atom. The van der Waals surface area contributed by atoms with Crippen LogP contribution in [0.5, 0.6) is 0 Å². The van der Waals surface area contributed by atoms with Crippen molar-refractivity contribution in [2.75, 3.05) is 11.1 Å². The molecule has 2 heterocycles. The number of nitrogen functional groups attached to an aromatic ring is 1. The first-order valence-corrected chi connectivity index (χ1v) is 6.18. The fourth-order valence-electron chi connectivity index (χ4n) is 1.78. The van der Waals surface area contributed by atoms with Gasteiger partial charge in [-0.1, -0.05) is 0 Å². The Hall–Kier alpha value is -1.98. The van der Waals surface area contributed by atoms with Crippen molar-refractivity contribution in [3.8, 4) is 0 Å². The summed E-state index contributed by atoms with van der Waals surface area (Å²) in [5.41, 5.74) is 7.56. The molecule has 0 bridgehead atoms. The monoisotopic (exact) mass is 248 g/mol. The summed E-state index contributed by atoms with van der Waals surface area (Å²) in [6.07, 6.45) is 1.93. The highest BCUT2D eigenvalue weighted by molar-refractivity contribution is 5.69. The van der Waals surface area contributed by atoms with Crippen molar-refractivity contribution < 1.29 is 0 Å². The molecule has 0 atom stereocenters. The van der Waals surface area contributed by atoms with Crippen molar-refractivity contribution in [3.63, 3.8) is 0 Å². The van der Waals surface area contributed by atoms with E-state index in [1.54, 1.807) is 0 Å². The van der Waals surface area contributed by atoms with Gasteiger partial charge in [0.15, 0.2) is 11.6 Å². The van der Waals surface area contributed by atoms with E-state index in [1.807, 2.05) is 35.5 Å². The number of rotatable bonds is 4. The summed E-state index contributed by atoms with van der Waals surface area (Å²) < 4.78 is 3.75. The van der Waals surface area contributed by atoms with Gasteiger partial charge in [0, 0.05) is 24.8 Å². The average Bonchev–Trinajstić information content (AvgIpc) is 2.89. The summed E-state index contributed by atoms with van der Waals surface area (Å²) in [6.45, 7) is 8.95. The Kier molecular flexibility index (Phi) is 3.27. The van der Waals surface area contributed by atoms with Gasteiger partial charge in [0.05, 0.1) is 11.4 Å². The minimum absolute atomic E-state index is 0.247. The standard InChI is InChI=1S/C12H20N6/c1-5-17-7-6-10(16-17)14-12-11(13)9(4)15-18(12)8(2)3/h6-8H,5,13H2,1-4H3,(H,14,16). The van der Waals surface area contributed by atoms with Gasteiger partial charge in [-0.25, -0.2) is 4.68 Å². The molecule has 0 amide bonds. The summed E-state index contributed by atoms with van der Waals surface area (Å²) in [7, 11) is 0. The van der Waals surface area contributed by atoms with E-state index >= 15 is 0 Å². The van der Waals surface area contributed by atoms with E-state index in [2.05, 4.69) is 29.4 Å². The molecule has 2 rings (SSSR count). The van der Waals surface area contributed by atoms with Gasteiger partial charge < -0.3 is 11.1 Å². The molecule has 0 saturated heterocycles. The first-order valence-electron chi connectivity index (χ1n) is 6.18. The second kappa shape index (κ2) is 4.72. The maximum Gasteiger partial charge on any atom is 0.153 e. The lowest BCUT2D eigenvalue weighted by Crippen LogP contribution is -2.08. The van der Waals surface area contributed by atoms with Crippen molar-refractivity contribution in [2.24, 2.45) is 0 Å². The molecule has 6 nitrogen and oxygen atoms in total. The van der Waals surface area contributed by atoms with E-state index in [1.165, 1.54) is 0 Å². The Morgan fingerprint density at radius 3 is 2.67 bits per heavy atom. The molecule has 98 valence electrons. The van der Waals surface area contributed by atoms with Gasteiger partial charge in [-0.15, -0.1) is 0 Å². The zero-order valence-electron chi connectivity index (χ0n) is 11.3. The molecule has 0 saturated carbocycles. The van der Waals surface area contributed by atoms with Crippen LogP contribution in [0.25, 0.3) is 0 Å². The molecule has 0 aliphatic heterocycles. The van der Waals surface area contributed by atoms with E-state index < -0.39 is 0 Å². The SMILES string of the molecule is CCn1ccc(Nc2c(N)c(C)nn2C(C)C)n1. The number of nitrogens with zero attached hydrogens (tertiary/aromatic N) is 4. The minimum atomic E-state index is 0.247. The molecule has 0 aliphatic rings. The fourth-order valence-corrected chi connectivity index (χ4v) is 1.78. The largest absolute Gasteiger partial charge is 0.394 e. The van der Waals surface area contributed by atoms with Crippen LogP contribution < -0.4 is 11.1 Å². The predicted octanol–water partition coefficient (Wildman–Crippen LogP) is 2.31. The van der Waals surface area contributed by atoms with Crippen LogP contribution in [0.15, 0.2) is 12.3 Å². The van der Waals surface area contributed by atoms with Gasteiger partial charge in [0.2, 0.25) is 0 Å². The van der Waals surface area contributed by atoms with Gasteiger partial charge in [0.1, 0.15) is 0 Å². The lowest BCUT2D eigenvalue weighted by atomic mass is 10.3. The molecular formula is C12H20N6. The molecule has 0 radical (unpaired) electrons. The molecule has 0 fully saturated rings. The van der Waals surface area contributed by atoms with Crippen molar-refractivity contribution in [2.45, 2.75) is 40.3 Å². The van der Waals surface area contributed by atoms with E-state index in [-0.39, 0.29) is 6.04 Å². The molecule has 3 N–H and O–H groups in total. The molecule has 0 aliphatic carbocycles. The van der Waals surface area contributed by atoms with E-state index in [0.717, 1.165) is 23.9 Å². The third-order valence-corrected chi connectivity index (χ3v) is 2.83. The van der Waals surface area contributed by atoms with Gasteiger partial charge in [0.25, 0.3) is 0 Å². The average molecular weight is 248 g/mol. The second-order valence-electron chi connectivity index (χ2n) is 4.57. The van der Waals surface area contributed by atoms with E-state index in [4.69, 9.17) is 5.73 Å². The van der Waals surface area contributed by atoms with E-state index in [0.29, 0.717) is 5.69 Å². The third kappa shape index (κ3) is 2.18. The van der Waals surface area contributed by atoms with Crippen molar-refractivity contribution in [1.82, 2.24) is 19.6 Å². The molecule has 0 unspecified atom stereocenters. The zero-order valence-corrected chi connectivity index (χ0v) is 11.3. The third-order valence-electron chi connectivity index (χ3n) is 2.83. The van der Waals surface area contributed by atoms with Gasteiger partial charge in [-0.05, 0) is 27.7 Å². The summed E-state index contributed by atoms with van der Waals surface area (Å²) >= 11 is 0. The van der Waals surface area contributed by atoms with Gasteiger partial charge >= 0.3 is 0 Å². The molecule has 2 aromatic rings. The molecule has 6 heteroatoms. The van der Waals surface area contributed by atoms with Crippen LogP contribution in [0.4, 0.5) is 17.3 Å². The zero-order chi connectivity index (χ0) is 13.3. The summed E-state index contributed by atoms with van der Waals surface area (Å²) in [4.78, 5) is 0. The maximum atomic E-state index is 6.05. The quantitative estimate of drug-likeness (QED) is 0.870. The Morgan fingerprint density at radius 2 is 2.11 bits per heavy atom. The fraction of sp³-hybridized carbons (Fsp3) is 0.500. The maximum absolute atomic E-state index is 6.05. The first-order chi connectivity index (χ1) is 8.52. The van der Waals surface area contributed by atoms with Gasteiger partial charge in [-0.3, -0.25) is 4.68 Å². The molecule has 0 spiro atoms.